The Morgan fingerprint density at radius 1 is 1.05 bits per heavy atom. The second-order valence-electron chi connectivity index (χ2n) is 5.02. The predicted octanol–water partition coefficient (Wildman–Crippen LogP) is 4.35. The maximum atomic E-state index is 11.7. The molecule has 2 heterocycles. The van der Waals surface area contributed by atoms with Gasteiger partial charge in [-0.15, -0.1) is 0 Å². The number of pyridine rings is 1. The van der Waals surface area contributed by atoms with Crippen LogP contribution in [0.5, 0.6) is 0 Å². The first-order chi connectivity index (χ1) is 10.7. The molecule has 106 valence electrons. The van der Waals surface area contributed by atoms with Crippen LogP contribution in [0.15, 0.2) is 65.3 Å². The Bertz CT molecular complexity index is 1000. The lowest BCUT2D eigenvalue weighted by Crippen LogP contribution is -2.00. The van der Waals surface area contributed by atoms with E-state index in [1.54, 1.807) is 24.5 Å². The summed E-state index contributed by atoms with van der Waals surface area (Å²) in [6.07, 6.45) is 1.54. The number of carbonyl (C=O) groups is 1. The standard InChI is InChI=1S/C18H11NO3/c20-18(21)13-10-15(16-6-3-9-22-16)19-14-8-7-11-4-1-2-5-12(11)17(13)14/h1-10H,(H,20,21). The first-order valence-corrected chi connectivity index (χ1v) is 6.84. The average Bonchev–Trinajstić information content (AvgIpc) is 3.08. The third kappa shape index (κ3) is 1.85. The SMILES string of the molecule is O=C(O)c1cc(-c2ccco2)nc2ccc3ccccc3c12. The number of benzene rings is 2. The molecule has 2 aromatic heterocycles. The summed E-state index contributed by atoms with van der Waals surface area (Å²) in [7, 11) is 0. The molecule has 22 heavy (non-hydrogen) atoms. The van der Waals surface area contributed by atoms with Gasteiger partial charge in [0, 0.05) is 5.39 Å². The van der Waals surface area contributed by atoms with Gasteiger partial charge in [0.05, 0.1) is 17.3 Å². The van der Waals surface area contributed by atoms with Crippen LogP contribution in [0.3, 0.4) is 0 Å². The Morgan fingerprint density at radius 3 is 2.68 bits per heavy atom. The van der Waals surface area contributed by atoms with E-state index < -0.39 is 5.97 Å². The van der Waals surface area contributed by atoms with E-state index in [0.29, 0.717) is 22.4 Å². The van der Waals surface area contributed by atoms with Crippen LogP contribution in [0, 0.1) is 0 Å². The van der Waals surface area contributed by atoms with Gasteiger partial charge < -0.3 is 9.52 Å². The van der Waals surface area contributed by atoms with Gasteiger partial charge in [-0.25, -0.2) is 9.78 Å². The van der Waals surface area contributed by atoms with Crippen LogP contribution < -0.4 is 0 Å². The monoisotopic (exact) mass is 289 g/mol. The number of hydrogen-bond acceptors (Lipinski definition) is 3. The Balaban J connectivity index is 2.15. The fourth-order valence-corrected chi connectivity index (χ4v) is 2.73. The summed E-state index contributed by atoms with van der Waals surface area (Å²) in [5, 5.41) is 12.1. The van der Waals surface area contributed by atoms with Gasteiger partial charge in [0.15, 0.2) is 5.76 Å². The topological polar surface area (TPSA) is 63.3 Å². The van der Waals surface area contributed by atoms with Crippen molar-refractivity contribution in [2.24, 2.45) is 0 Å². The Hall–Kier alpha value is -3.14. The lowest BCUT2D eigenvalue weighted by molar-refractivity contribution is 0.0699. The van der Waals surface area contributed by atoms with Crippen LogP contribution in [-0.4, -0.2) is 16.1 Å². The minimum Gasteiger partial charge on any atom is -0.478 e. The van der Waals surface area contributed by atoms with Crippen LogP contribution in [0.25, 0.3) is 33.1 Å². The van der Waals surface area contributed by atoms with Gasteiger partial charge >= 0.3 is 5.97 Å². The first-order valence-electron chi connectivity index (χ1n) is 6.84. The van der Waals surface area contributed by atoms with Crippen LogP contribution in [0.4, 0.5) is 0 Å². The second kappa shape index (κ2) is 4.70. The Morgan fingerprint density at radius 2 is 1.91 bits per heavy atom. The molecule has 0 atom stereocenters. The molecule has 0 bridgehead atoms. The van der Waals surface area contributed by atoms with Crippen molar-refractivity contribution >= 4 is 27.6 Å². The van der Waals surface area contributed by atoms with E-state index in [1.807, 2.05) is 36.4 Å². The molecule has 4 nitrogen and oxygen atoms in total. The van der Waals surface area contributed by atoms with Gasteiger partial charge in [-0.2, -0.15) is 0 Å². The predicted molar refractivity (Wildman–Crippen MR) is 83.9 cm³/mol. The van der Waals surface area contributed by atoms with Gasteiger partial charge in [0.25, 0.3) is 0 Å². The molecule has 0 unspecified atom stereocenters. The number of carboxylic acids is 1. The molecule has 4 heteroatoms. The van der Waals surface area contributed by atoms with Crippen molar-refractivity contribution in [2.45, 2.75) is 0 Å². The highest BCUT2D eigenvalue weighted by molar-refractivity contribution is 6.15. The number of nitrogens with zero attached hydrogens (tertiary/aromatic N) is 1. The highest BCUT2D eigenvalue weighted by Crippen LogP contribution is 2.30. The van der Waals surface area contributed by atoms with Crippen LogP contribution in [-0.2, 0) is 0 Å². The van der Waals surface area contributed by atoms with Gasteiger partial charge in [0.1, 0.15) is 5.69 Å². The molecular weight excluding hydrogens is 278 g/mol. The van der Waals surface area contributed by atoms with E-state index >= 15 is 0 Å². The molecule has 2 aromatic carbocycles. The number of aromatic carboxylic acids is 1. The van der Waals surface area contributed by atoms with Crippen molar-refractivity contribution in [3.8, 4) is 11.5 Å². The fraction of sp³-hybridized carbons (Fsp3) is 0. The number of carboxylic acid groups (broad SMARTS) is 1. The lowest BCUT2D eigenvalue weighted by atomic mass is 10.00. The van der Waals surface area contributed by atoms with Crippen molar-refractivity contribution in [2.75, 3.05) is 0 Å². The highest BCUT2D eigenvalue weighted by Gasteiger charge is 2.16. The largest absolute Gasteiger partial charge is 0.478 e. The molecule has 4 aromatic rings. The van der Waals surface area contributed by atoms with E-state index in [9.17, 15) is 9.90 Å². The molecule has 0 amide bonds. The number of rotatable bonds is 2. The molecule has 0 radical (unpaired) electrons. The van der Waals surface area contributed by atoms with E-state index in [1.165, 1.54) is 0 Å². The summed E-state index contributed by atoms with van der Waals surface area (Å²) in [5.74, 6) is -0.422. The van der Waals surface area contributed by atoms with Crippen molar-refractivity contribution in [1.29, 1.82) is 0 Å². The van der Waals surface area contributed by atoms with Crippen LogP contribution in [0.1, 0.15) is 10.4 Å². The first kappa shape index (κ1) is 12.6. The molecule has 0 saturated heterocycles. The van der Waals surface area contributed by atoms with Crippen LogP contribution in [0.2, 0.25) is 0 Å². The van der Waals surface area contributed by atoms with Gasteiger partial charge in [-0.05, 0) is 35.0 Å². The molecule has 0 aliphatic rings. The quantitative estimate of drug-likeness (QED) is 0.557. The zero-order chi connectivity index (χ0) is 15.1. The minimum absolute atomic E-state index is 0.230. The molecule has 1 N–H and O–H groups in total. The smallest absolute Gasteiger partial charge is 0.336 e. The van der Waals surface area contributed by atoms with Crippen molar-refractivity contribution < 1.29 is 14.3 Å². The third-order valence-corrected chi connectivity index (χ3v) is 3.70. The second-order valence-corrected chi connectivity index (χ2v) is 5.02. The normalized spacial score (nSPS) is 11.1. The zero-order valence-electron chi connectivity index (χ0n) is 11.5. The molecule has 0 aliphatic carbocycles. The van der Waals surface area contributed by atoms with E-state index in [4.69, 9.17) is 4.42 Å². The Kier molecular flexibility index (Phi) is 2.69. The minimum atomic E-state index is -0.975. The van der Waals surface area contributed by atoms with Gasteiger partial charge in [-0.1, -0.05) is 30.3 Å². The van der Waals surface area contributed by atoms with E-state index in [0.717, 1.165) is 10.8 Å². The van der Waals surface area contributed by atoms with Crippen molar-refractivity contribution in [3.63, 3.8) is 0 Å². The molecule has 0 saturated carbocycles. The van der Waals surface area contributed by atoms with E-state index in [-0.39, 0.29) is 5.56 Å². The number of fused-ring (bicyclic) bond motifs is 3. The summed E-state index contributed by atoms with van der Waals surface area (Å²) in [4.78, 5) is 16.3. The number of furan rings is 1. The van der Waals surface area contributed by atoms with Gasteiger partial charge in [0.2, 0.25) is 0 Å². The molecule has 4 rings (SSSR count). The maximum Gasteiger partial charge on any atom is 0.336 e. The summed E-state index contributed by atoms with van der Waals surface area (Å²) in [6, 6.07) is 16.6. The summed E-state index contributed by atoms with van der Waals surface area (Å²) in [6.45, 7) is 0. The molecule has 0 aliphatic heterocycles. The molecule has 0 spiro atoms. The third-order valence-electron chi connectivity index (χ3n) is 3.70. The number of aromatic nitrogens is 1. The van der Waals surface area contributed by atoms with E-state index in [2.05, 4.69) is 4.98 Å². The lowest BCUT2D eigenvalue weighted by Gasteiger charge is -2.08. The Labute approximate surface area is 125 Å². The number of hydrogen-bond donors (Lipinski definition) is 1. The highest BCUT2D eigenvalue weighted by atomic mass is 16.4. The maximum absolute atomic E-state index is 11.7. The zero-order valence-corrected chi connectivity index (χ0v) is 11.5. The average molecular weight is 289 g/mol. The summed E-state index contributed by atoms with van der Waals surface area (Å²) < 4.78 is 5.34. The fourth-order valence-electron chi connectivity index (χ4n) is 2.73. The molecule has 0 fully saturated rings. The van der Waals surface area contributed by atoms with Crippen molar-refractivity contribution in [3.05, 3.63) is 66.4 Å². The van der Waals surface area contributed by atoms with Crippen molar-refractivity contribution in [1.82, 2.24) is 4.98 Å². The molecular formula is C18H11NO3. The van der Waals surface area contributed by atoms with Crippen LogP contribution >= 0.6 is 0 Å². The van der Waals surface area contributed by atoms with Gasteiger partial charge in [-0.3, -0.25) is 0 Å². The summed E-state index contributed by atoms with van der Waals surface area (Å²) >= 11 is 0. The summed E-state index contributed by atoms with van der Waals surface area (Å²) in [5.41, 5.74) is 1.39.